The standard InChI is InChI=1S/C3HClO5/c4-9-3(8)1(5)2(6)7/h(H,6,7). The van der Waals surface area contributed by atoms with Crippen molar-refractivity contribution >= 4 is 29.6 Å². The van der Waals surface area contributed by atoms with Gasteiger partial charge in [-0.3, -0.25) is 4.79 Å². The highest BCUT2D eigenvalue weighted by molar-refractivity contribution is 6.61. The molecule has 0 radical (unpaired) electrons. The first-order valence-electron chi connectivity index (χ1n) is 1.69. The van der Waals surface area contributed by atoms with Gasteiger partial charge in [0.1, 0.15) is 11.9 Å². The Kier molecular flexibility index (Phi) is 2.66. The molecule has 0 aromatic carbocycles. The average Bonchev–Trinajstić information content (AvgIpc) is 1.84. The zero-order valence-corrected chi connectivity index (χ0v) is 4.71. The molecule has 0 aromatic rings. The van der Waals surface area contributed by atoms with E-state index in [0.717, 1.165) is 0 Å². The number of hydrogen-bond acceptors (Lipinski definition) is 4. The monoisotopic (exact) mass is 152 g/mol. The van der Waals surface area contributed by atoms with Gasteiger partial charge in [-0.15, -0.1) is 0 Å². The van der Waals surface area contributed by atoms with Crippen molar-refractivity contribution in [3.8, 4) is 0 Å². The second-order valence-corrected chi connectivity index (χ2v) is 1.15. The molecule has 0 atom stereocenters. The van der Waals surface area contributed by atoms with Gasteiger partial charge in [0, 0.05) is 0 Å². The molecule has 0 bridgehead atoms. The van der Waals surface area contributed by atoms with Gasteiger partial charge >= 0.3 is 17.7 Å². The SMILES string of the molecule is O=C(O)C(=O)C(=O)OCl. The van der Waals surface area contributed by atoms with Crippen molar-refractivity contribution < 1.29 is 23.8 Å². The summed E-state index contributed by atoms with van der Waals surface area (Å²) in [5.41, 5.74) is 0. The molecular weight excluding hydrogens is 151 g/mol. The van der Waals surface area contributed by atoms with Crippen LogP contribution in [0.5, 0.6) is 0 Å². The van der Waals surface area contributed by atoms with Crippen molar-refractivity contribution in [1.29, 1.82) is 0 Å². The number of aliphatic carboxylic acids is 1. The lowest BCUT2D eigenvalue weighted by Gasteiger charge is -1.85. The smallest absolute Gasteiger partial charge is 0.404 e. The van der Waals surface area contributed by atoms with Crippen LogP contribution in [0.15, 0.2) is 0 Å². The van der Waals surface area contributed by atoms with Crippen molar-refractivity contribution in [3.63, 3.8) is 0 Å². The van der Waals surface area contributed by atoms with Gasteiger partial charge in [0.25, 0.3) is 0 Å². The first kappa shape index (κ1) is 7.90. The molecule has 0 heterocycles. The summed E-state index contributed by atoms with van der Waals surface area (Å²) < 4.78 is 3.28. The summed E-state index contributed by atoms with van der Waals surface area (Å²) >= 11 is 4.36. The van der Waals surface area contributed by atoms with E-state index in [1.165, 1.54) is 0 Å². The number of carboxylic acids is 1. The Morgan fingerprint density at radius 2 is 1.78 bits per heavy atom. The van der Waals surface area contributed by atoms with E-state index >= 15 is 0 Å². The van der Waals surface area contributed by atoms with Gasteiger partial charge in [0.05, 0.1) is 0 Å². The van der Waals surface area contributed by atoms with Crippen LogP contribution in [0.3, 0.4) is 0 Å². The molecule has 0 saturated heterocycles. The molecule has 0 fully saturated rings. The normalized spacial score (nSPS) is 8.11. The van der Waals surface area contributed by atoms with Crippen LogP contribution in [0.25, 0.3) is 0 Å². The van der Waals surface area contributed by atoms with Crippen LogP contribution in [0.1, 0.15) is 0 Å². The van der Waals surface area contributed by atoms with Gasteiger partial charge in [-0.05, 0) is 0 Å². The minimum Gasteiger partial charge on any atom is -0.475 e. The fraction of sp³-hybridized carbons (Fsp3) is 0. The topological polar surface area (TPSA) is 80.7 Å². The molecule has 6 heteroatoms. The molecule has 0 aliphatic heterocycles. The van der Waals surface area contributed by atoms with Crippen molar-refractivity contribution in [2.24, 2.45) is 0 Å². The van der Waals surface area contributed by atoms with E-state index in [1.807, 2.05) is 0 Å². The van der Waals surface area contributed by atoms with Crippen molar-refractivity contribution in [3.05, 3.63) is 0 Å². The van der Waals surface area contributed by atoms with Crippen LogP contribution in [-0.4, -0.2) is 22.8 Å². The molecule has 9 heavy (non-hydrogen) atoms. The highest BCUT2D eigenvalue weighted by atomic mass is 35.5. The third-order valence-corrected chi connectivity index (χ3v) is 0.590. The van der Waals surface area contributed by atoms with Crippen LogP contribution in [0, 0.1) is 0 Å². The van der Waals surface area contributed by atoms with Crippen LogP contribution < -0.4 is 0 Å². The molecule has 0 aliphatic rings. The Morgan fingerprint density at radius 3 is 1.89 bits per heavy atom. The van der Waals surface area contributed by atoms with Gasteiger partial charge in [0.15, 0.2) is 0 Å². The zero-order valence-electron chi connectivity index (χ0n) is 3.96. The molecule has 0 rings (SSSR count). The zero-order chi connectivity index (χ0) is 7.44. The van der Waals surface area contributed by atoms with E-state index in [0.29, 0.717) is 0 Å². The second-order valence-electron chi connectivity index (χ2n) is 0.999. The Bertz CT molecular complexity index is 162. The summed E-state index contributed by atoms with van der Waals surface area (Å²) in [4.78, 5) is 29.4. The summed E-state index contributed by atoms with van der Waals surface area (Å²) in [6.45, 7) is 0. The number of halogens is 1. The van der Waals surface area contributed by atoms with Crippen molar-refractivity contribution in [2.75, 3.05) is 0 Å². The van der Waals surface area contributed by atoms with Crippen LogP contribution in [0.4, 0.5) is 0 Å². The molecule has 5 nitrogen and oxygen atoms in total. The number of Topliss-reactive ketones (excluding diaryl/α,β-unsaturated/α-hetero) is 1. The second kappa shape index (κ2) is 3.03. The van der Waals surface area contributed by atoms with E-state index in [4.69, 9.17) is 5.11 Å². The Morgan fingerprint density at radius 1 is 1.33 bits per heavy atom. The molecule has 50 valence electrons. The summed E-state index contributed by atoms with van der Waals surface area (Å²) in [5, 5.41) is 7.77. The van der Waals surface area contributed by atoms with E-state index in [9.17, 15) is 14.4 Å². The van der Waals surface area contributed by atoms with Gasteiger partial charge in [-0.1, -0.05) is 0 Å². The fourth-order valence-electron chi connectivity index (χ4n) is 0.122. The highest BCUT2D eigenvalue weighted by Gasteiger charge is 2.23. The Balaban J connectivity index is 4.05. The molecule has 0 unspecified atom stereocenters. The van der Waals surface area contributed by atoms with Gasteiger partial charge in [-0.25, -0.2) is 9.59 Å². The predicted molar refractivity (Wildman–Crippen MR) is 24.6 cm³/mol. The van der Waals surface area contributed by atoms with Gasteiger partial charge in [0.2, 0.25) is 0 Å². The molecular formula is C3HClO5. The minimum atomic E-state index is -1.89. The lowest BCUT2D eigenvalue weighted by Crippen LogP contribution is -2.22. The molecule has 1 N–H and O–H groups in total. The maximum absolute atomic E-state index is 9.92. The summed E-state index contributed by atoms with van der Waals surface area (Å²) in [5.74, 6) is -5.17. The maximum atomic E-state index is 9.92. The van der Waals surface area contributed by atoms with Crippen molar-refractivity contribution in [2.45, 2.75) is 0 Å². The number of ketones is 1. The number of carbonyl (C=O) groups excluding carboxylic acids is 2. The lowest BCUT2D eigenvalue weighted by atomic mass is 10.4. The van der Waals surface area contributed by atoms with Crippen LogP contribution >= 0.6 is 11.9 Å². The van der Waals surface area contributed by atoms with Crippen LogP contribution in [0.2, 0.25) is 0 Å². The predicted octanol–water partition coefficient (Wildman–Crippen LogP) is -0.663. The minimum absolute atomic E-state index is 1.59. The van der Waals surface area contributed by atoms with E-state index < -0.39 is 17.7 Å². The fourth-order valence-corrected chi connectivity index (χ4v) is 0.192. The molecule has 0 aromatic heterocycles. The number of hydrogen-bond donors (Lipinski definition) is 1. The average molecular weight is 152 g/mol. The first-order chi connectivity index (χ1) is 4.09. The summed E-state index contributed by atoms with van der Waals surface area (Å²) in [6, 6.07) is 0. The molecule has 0 aliphatic carbocycles. The largest absolute Gasteiger partial charge is 0.475 e. The number of carbonyl (C=O) groups is 3. The van der Waals surface area contributed by atoms with E-state index in [2.05, 4.69) is 16.2 Å². The number of carboxylic acid groups (broad SMARTS) is 1. The first-order valence-corrected chi connectivity index (χ1v) is 2.00. The Labute approximate surface area is 54.3 Å². The lowest BCUT2D eigenvalue weighted by molar-refractivity contribution is -0.157. The number of rotatable bonds is 2. The quantitative estimate of drug-likeness (QED) is 0.420. The van der Waals surface area contributed by atoms with E-state index in [-0.39, 0.29) is 0 Å². The Hall–Kier alpha value is -1.10. The maximum Gasteiger partial charge on any atom is 0.404 e. The molecule has 0 amide bonds. The third-order valence-electron chi connectivity index (χ3n) is 0.450. The summed E-state index contributed by atoms with van der Waals surface area (Å²) in [6.07, 6.45) is 0. The third kappa shape index (κ3) is 2.09. The highest BCUT2D eigenvalue weighted by Crippen LogP contribution is 1.84. The van der Waals surface area contributed by atoms with Gasteiger partial charge < -0.3 is 9.40 Å². The van der Waals surface area contributed by atoms with E-state index in [1.54, 1.807) is 0 Å². The molecule has 0 spiro atoms. The van der Waals surface area contributed by atoms with Crippen molar-refractivity contribution in [1.82, 2.24) is 0 Å². The summed E-state index contributed by atoms with van der Waals surface area (Å²) in [7, 11) is 0. The molecule has 0 saturated carbocycles. The van der Waals surface area contributed by atoms with Crippen LogP contribution in [-0.2, 0) is 18.7 Å². The van der Waals surface area contributed by atoms with Gasteiger partial charge in [-0.2, -0.15) is 0 Å².